The van der Waals surface area contributed by atoms with Crippen molar-refractivity contribution in [1.82, 2.24) is 4.90 Å². The van der Waals surface area contributed by atoms with E-state index >= 15 is 0 Å². The molecular formula is C23H23ClN2O5. The average Bonchev–Trinajstić information content (AvgIpc) is 2.78. The van der Waals surface area contributed by atoms with Gasteiger partial charge in [-0.25, -0.2) is 4.79 Å². The molecule has 31 heavy (non-hydrogen) atoms. The first-order valence-corrected chi connectivity index (χ1v) is 10.3. The largest absolute Gasteiger partial charge is 0.488 e. The first kappa shape index (κ1) is 22.4. The summed E-state index contributed by atoms with van der Waals surface area (Å²) in [6.45, 7) is 4.69. The van der Waals surface area contributed by atoms with Crippen molar-refractivity contribution in [2.24, 2.45) is 0 Å². The third-order valence-electron chi connectivity index (χ3n) is 4.75. The Kier molecular flexibility index (Phi) is 7.31. The second kappa shape index (κ2) is 10.1. The molecule has 0 unspecified atom stereocenters. The molecule has 8 heteroatoms. The molecule has 0 bridgehead atoms. The van der Waals surface area contributed by atoms with E-state index in [0.717, 1.165) is 0 Å². The monoisotopic (exact) mass is 442 g/mol. The van der Waals surface area contributed by atoms with Gasteiger partial charge in [0.25, 0.3) is 11.8 Å². The van der Waals surface area contributed by atoms with Crippen molar-refractivity contribution in [1.29, 1.82) is 0 Å². The average molecular weight is 443 g/mol. The SMILES string of the molecule is CCN(CC)C(=O)c1ccc(NC(=O)COC(=O)C2=Cc3cc(Cl)ccc3OC2)cc1. The smallest absolute Gasteiger partial charge is 0.338 e. The highest BCUT2D eigenvalue weighted by Crippen LogP contribution is 2.29. The van der Waals surface area contributed by atoms with Crippen LogP contribution in [0, 0.1) is 0 Å². The third kappa shape index (κ3) is 5.64. The lowest BCUT2D eigenvalue weighted by Gasteiger charge is -2.18. The van der Waals surface area contributed by atoms with E-state index in [1.807, 2.05) is 13.8 Å². The molecule has 162 valence electrons. The fraction of sp³-hybridized carbons (Fsp3) is 0.261. The molecule has 0 atom stereocenters. The summed E-state index contributed by atoms with van der Waals surface area (Å²) in [5, 5.41) is 3.16. The Labute approximate surface area is 185 Å². The van der Waals surface area contributed by atoms with Crippen LogP contribution in [-0.4, -0.2) is 49.0 Å². The molecule has 0 spiro atoms. The van der Waals surface area contributed by atoms with Crippen molar-refractivity contribution < 1.29 is 23.9 Å². The van der Waals surface area contributed by atoms with Gasteiger partial charge in [0.05, 0.1) is 5.57 Å². The number of fused-ring (bicyclic) bond motifs is 1. The van der Waals surface area contributed by atoms with Crippen molar-refractivity contribution in [3.8, 4) is 5.75 Å². The maximum Gasteiger partial charge on any atom is 0.338 e. The Morgan fingerprint density at radius 1 is 1.10 bits per heavy atom. The number of esters is 1. The van der Waals surface area contributed by atoms with Crippen molar-refractivity contribution >= 4 is 41.1 Å². The molecule has 1 aliphatic rings. The van der Waals surface area contributed by atoms with E-state index < -0.39 is 18.5 Å². The van der Waals surface area contributed by atoms with Gasteiger partial charge in [-0.2, -0.15) is 0 Å². The van der Waals surface area contributed by atoms with Gasteiger partial charge in [-0.1, -0.05) is 11.6 Å². The van der Waals surface area contributed by atoms with E-state index in [2.05, 4.69) is 5.32 Å². The number of anilines is 1. The first-order chi connectivity index (χ1) is 14.9. The Balaban J connectivity index is 1.53. The fourth-order valence-electron chi connectivity index (χ4n) is 3.08. The van der Waals surface area contributed by atoms with Crippen molar-refractivity contribution in [2.45, 2.75) is 13.8 Å². The summed E-state index contributed by atoms with van der Waals surface area (Å²) in [4.78, 5) is 38.4. The molecule has 2 aromatic rings. The Hall–Kier alpha value is -3.32. The lowest BCUT2D eigenvalue weighted by Crippen LogP contribution is -2.30. The van der Waals surface area contributed by atoms with Crippen LogP contribution in [-0.2, 0) is 14.3 Å². The number of benzene rings is 2. The van der Waals surface area contributed by atoms with Crippen LogP contribution in [0.15, 0.2) is 48.0 Å². The minimum Gasteiger partial charge on any atom is -0.488 e. The van der Waals surface area contributed by atoms with Crippen molar-refractivity contribution in [3.05, 3.63) is 64.2 Å². The highest BCUT2D eigenvalue weighted by atomic mass is 35.5. The van der Waals surface area contributed by atoms with E-state index in [9.17, 15) is 14.4 Å². The molecule has 0 aliphatic carbocycles. The van der Waals surface area contributed by atoms with Crippen LogP contribution in [0.1, 0.15) is 29.8 Å². The highest BCUT2D eigenvalue weighted by molar-refractivity contribution is 6.30. The number of hydrogen-bond acceptors (Lipinski definition) is 5. The van der Waals surface area contributed by atoms with Crippen LogP contribution < -0.4 is 10.1 Å². The van der Waals surface area contributed by atoms with Gasteiger partial charge in [0.2, 0.25) is 0 Å². The van der Waals surface area contributed by atoms with Crippen molar-refractivity contribution in [3.63, 3.8) is 0 Å². The number of rotatable bonds is 7. The minimum atomic E-state index is -0.638. The highest BCUT2D eigenvalue weighted by Gasteiger charge is 2.20. The number of nitrogens with one attached hydrogen (secondary N) is 1. The second-order valence-electron chi connectivity index (χ2n) is 6.82. The van der Waals surface area contributed by atoms with E-state index in [0.29, 0.717) is 46.2 Å². The lowest BCUT2D eigenvalue weighted by atomic mass is 10.1. The summed E-state index contributed by atoms with van der Waals surface area (Å²) in [5.41, 5.74) is 2.01. The van der Waals surface area contributed by atoms with E-state index in [1.165, 1.54) is 0 Å². The lowest BCUT2D eigenvalue weighted by molar-refractivity contribution is -0.143. The molecule has 2 aromatic carbocycles. The molecule has 0 aromatic heterocycles. The van der Waals surface area contributed by atoms with Gasteiger partial charge in [0, 0.05) is 34.9 Å². The molecule has 3 rings (SSSR count). The Morgan fingerprint density at radius 3 is 2.48 bits per heavy atom. The van der Waals surface area contributed by atoms with Gasteiger partial charge in [0.15, 0.2) is 6.61 Å². The second-order valence-corrected chi connectivity index (χ2v) is 7.26. The molecule has 7 nitrogen and oxygen atoms in total. The molecule has 2 amide bonds. The summed E-state index contributed by atoms with van der Waals surface area (Å²) in [5.74, 6) is -0.567. The number of nitrogens with zero attached hydrogens (tertiary/aromatic N) is 1. The maximum absolute atomic E-state index is 12.3. The predicted octanol–water partition coefficient (Wildman–Crippen LogP) is 3.78. The van der Waals surface area contributed by atoms with Crippen LogP contribution in [0.5, 0.6) is 5.75 Å². The van der Waals surface area contributed by atoms with Gasteiger partial charge < -0.3 is 19.7 Å². The predicted molar refractivity (Wildman–Crippen MR) is 118 cm³/mol. The zero-order valence-electron chi connectivity index (χ0n) is 17.3. The summed E-state index contributed by atoms with van der Waals surface area (Å²) >= 11 is 5.97. The molecule has 0 fully saturated rings. The van der Waals surface area contributed by atoms with Crippen LogP contribution in [0.25, 0.3) is 6.08 Å². The van der Waals surface area contributed by atoms with E-state index in [-0.39, 0.29) is 12.5 Å². The number of amides is 2. The summed E-state index contributed by atoms with van der Waals surface area (Å²) in [6.07, 6.45) is 1.64. The zero-order chi connectivity index (χ0) is 22.4. The van der Waals surface area contributed by atoms with Crippen LogP contribution in [0.2, 0.25) is 5.02 Å². The molecule has 0 radical (unpaired) electrons. The van der Waals surface area contributed by atoms with Crippen molar-refractivity contribution in [2.75, 3.05) is 31.6 Å². The molecule has 1 N–H and O–H groups in total. The number of hydrogen-bond donors (Lipinski definition) is 1. The van der Waals surface area contributed by atoms with Crippen LogP contribution in [0.3, 0.4) is 0 Å². The standard InChI is InChI=1S/C23H23ClN2O5/c1-3-26(4-2)22(28)15-5-8-19(9-6-15)25-21(27)14-31-23(29)17-11-16-12-18(24)7-10-20(16)30-13-17/h5-12H,3-4,13-14H2,1-2H3,(H,25,27). The normalized spacial score (nSPS) is 12.2. The summed E-state index contributed by atoms with van der Waals surface area (Å²) in [6, 6.07) is 11.7. The number of halogens is 1. The van der Waals surface area contributed by atoms with Gasteiger partial charge in [-0.05, 0) is 62.4 Å². The molecule has 1 heterocycles. The Morgan fingerprint density at radius 2 is 1.81 bits per heavy atom. The van der Waals surface area contributed by atoms with Gasteiger partial charge >= 0.3 is 5.97 Å². The van der Waals surface area contributed by atoms with Crippen LogP contribution in [0.4, 0.5) is 5.69 Å². The minimum absolute atomic E-state index is 0.0527. The summed E-state index contributed by atoms with van der Waals surface area (Å²) in [7, 11) is 0. The topological polar surface area (TPSA) is 84.9 Å². The van der Waals surface area contributed by atoms with E-state index in [1.54, 1.807) is 53.4 Å². The fourth-order valence-corrected chi connectivity index (χ4v) is 3.26. The quantitative estimate of drug-likeness (QED) is 0.659. The third-order valence-corrected chi connectivity index (χ3v) is 4.98. The van der Waals surface area contributed by atoms with Gasteiger partial charge in [-0.3, -0.25) is 9.59 Å². The number of carbonyl (C=O) groups excluding carboxylic acids is 3. The molecule has 0 saturated carbocycles. The van der Waals surface area contributed by atoms with Gasteiger partial charge in [-0.15, -0.1) is 0 Å². The van der Waals surface area contributed by atoms with Crippen LogP contribution >= 0.6 is 11.6 Å². The zero-order valence-corrected chi connectivity index (χ0v) is 18.1. The Bertz CT molecular complexity index is 1010. The molecule has 0 saturated heterocycles. The molecular weight excluding hydrogens is 420 g/mol. The van der Waals surface area contributed by atoms with Gasteiger partial charge in [0.1, 0.15) is 12.4 Å². The molecule has 1 aliphatic heterocycles. The maximum atomic E-state index is 12.3. The first-order valence-electron chi connectivity index (χ1n) is 9.90. The summed E-state index contributed by atoms with van der Waals surface area (Å²) < 4.78 is 10.6. The number of ether oxygens (including phenoxy) is 2. The number of carbonyl (C=O) groups is 3. The van der Waals surface area contributed by atoms with E-state index in [4.69, 9.17) is 21.1 Å².